The number of nitrogens with zero attached hydrogens (tertiary/aromatic N) is 1. The summed E-state index contributed by atoms with van der Waals surface area (Å²) in [6.07, 6.45) is 76.7. The van der Waals surface area contributed by atoms with Gasteiger partial charge in [0.15, 0.2) is 0 Å². The Kier molecular flexibility index (Phi) is 48.1. The van der Waals surface area contributed by atoms with Gasteiger partial charge in [0.25, 0.3) is 7.82 Å². The van der Waals surface area contributed by atoms with Gasteiger partial charge in [-0.15, -0.1) is 0 Å². The number of aliphatic hydroxyl groups excluding tert-OH is 1. The molecule has 3 atom stereocenters. The van der Waals surface area contributed by atoms with E-state index in [0.717, 1.165) is 83.5 Å². The molecule has 0 fully saturated rings. The van der Waals surface area contributed by atoms with Crippen molar-refractivity contribution in [3.05, 3.63) is 134 Å². The van der Waals surface area contributed by atoms with Gasteiger partial charge in [0, 0.05) is 6.42 Å². The molecule has 0 aromatic heterocycles. The van der Waals surface area contributed by atoms with Gasteiger partial charge in [-0.25, -0.2) is 0 Å². The fourth-order valence-electron chi connectivity index (χ4n) is 7.05. The first-order valence-corrected chi connectivity index (χ1v) is 29.0. The van der Waals surface area contributed by atoms with Gasteiger partial charge in [-0.1, -0.05) is 225 Å². The highest BCUT2D eigenvalue weighted by atomic mass is 31.2. The molecular formula is C61H103N2O6P. The van der Waals surface area contributed by atoms with Crippen LogP contribution >= 0.6 is 7.82 Å². The lowest BCUT2D eigenvalue weighted by atomic mass is 10.0. The van der Waals surface area contributed by atoms with E-state index in [-0.39, 0.29) is 18.9 Å². The number of carbonyl (C=O) groups excluding carboxylic acids is 1. The van der Waals surface area contributed by atoms with Crippen molar-refractivity contribution in [3.8, 4) is 0 Å². The van der Waals surface area contributed by atoms with Crippen LogP contribution in [-0.4, -0.2) is 68.5 Å². The number of hydrogen-bond donors (Lipinski definition) is 2. The van der Waals surface area contributed by atoms with Gasteiger partial charge >= 0.3 is 0 Å². The lowest BCUT2D eigenvalue weighted by Gasteiger charge is -2.29. The van der Waals surface area contributed by atoms with E-state index in [1.54, 1.807) is 6.08 Å². The number of amides is 1. The second-order valence-electron chi connectivity index (χ2n) is 19.2. The minimum atomic E-state index is -4.63. The molecule has 0 rings (SSSR count). The van der Waals surface area contributed by atoms with Crippen LogP contribution in [0.15, 0.2) is 134 Å². The minimum absolute atomic E-state index is 0.0251. The second kappa shape index (κ2) is 50.6. The van der Waals surface area contributed by atoms with Gasteiger partial charge in [0.05, 0.1) is 39.9 Å². The van der Waals surface area contributed by atoms with Gasteiger partial charge in [0.1, 0.15) is 13.2 Å². The number of unbranched alkanes of at least 4 members (excludes halogenated alkanes) is 15. The van der Waals surface area contributed by atoms with Crippen LogP contribution in [0.5, 0.6) is 0 Å². The Hall–Kier alpha value is -3.36. The van der Waals surface area contributed by atoms with Crippen molar-refractivity contribution in [3.63, 3.8) is 0 Å². The lowest BCUT2D eigenvalue weighted by molar-refractivity contribution is -0.870. The third-order valence-electron chi connectivity index (χ3n) is 11.3. The largest absolute Gasteiger partial charge is 0.756 e. The molecule has 0 aliphatic rings. The summed E-state index contributed by atoms with van der Waals surface area (Å²) in [6, 6.07) is -0.945. The average molecular weight is 991 g/mol. The molecular weight excluding hydrogens is 888 g/mol. The van der Waals surface area contributed by atoms with Crippen LogP contribution in [0.3, 0.4) is 0 Å². The maximum atomic E-state index is 12.9. The third-order valence-corrected chi connectivity index (χ3v) is 12.3. The predicted molar refractivity (Wildman–Crippen MR) is 302 cm³/mol. The van der Waals surface area contributed by atoms with Crippen LogP contribution in [0.2, 0.25) is 0 Å². The van der Waals surface area contributed by atoms with Crippen LogP contribution in [0.4, 0.5) is 0 Å². The van der Waals surface area contributed by atoms with Gasteiger partial charge in [-0.05, 0) is 96.3 Å². The normalized spacial score (nSPS) is 15.0. The molecule has 0 radical (unpaired) electrons. The van der Waals surface area contributed by atoms with Crippen molar-refractivity contribution in [1.82, 2.24) is 5.32 Å². The lowest BCUT2D eigenvalue weighted by Crippen LogP contribution is -2.45. The first-order valence-electron chi connectivity index (χ1n) is 27.5. The minimum Gasteiger partial charge on any atom is -0.756 e. The topological polar surface area (TPSA) is 108 Å². The van der Waals surface area contributed by atoms with Crippen LogP contribution in [0.1, 0.15) is 194 Å². The number of phosphoric ester groups is 1. The number of likely N-dealkylation sites (N-methyl/N-ethyl adjacent to an activating group) is 1. The Morgan fingerprint density at radius 3 is 1.33 bits per heavy atom. The summed E-state index contributed by atoms with van der Waals surface area (Å²) in [4.78, 5) is 25.4. The molecule has 8 nitrogen and oxygen atoms in total. The molecule has 3 unspecified atom stereocenters. The van der Waals surface area contributed by atoms with Crippen LogP contribution in [0.25, 0.3) is 0 Å². The Morgan fingerprint density at radius 2 is 0.886 bits per heavy atom. The highest BCUT2D eigenvalue weighted by Gasteiger charge is 2.23. The monoisotopic (exact) mass is 991 g/mol. The van der Waals surface area contributed by atoms with E-state index in [0.29, 0.717) is 17.4 Å². The smallest absolute Gasteiger partial charge is 0.268 e. The number of allylic oxidation sites excluding steroid dienone is 21. The van der Waals surface area contributed by atoms with E-state index in [1.165, 1.54) is 83.5 Å². The van der Waals surface area contributed by atoms with Crippen LogP contribution in [-0.2, 0) is 18.4 Å². The maximum absolute atomic E-state index is 12.9. The number of quaternary nitrogens is 1. The van der Waals surface area contributed by atoms with E-state index in [9.17, 15) is 19.4 Å². The molecule has 2 N–H and O–H groups in total. The number of phosphoric acid groups is 1. The van der Waals surface area contributed by atoms with Crippen molar-refractivity contribution >= 4 is 13.7 Å². The number of nitrogens with one attached hydrogen (secondary N) is 1. The molecule has 0 bridgehead atoms. The number of hydrogen-bond acceptors (Lipinski definition) is 6. The molecule has 0 aliphatic heterocycles. The zero-order chi connectivity index (χ0) is 51.3. The number of carbonyl (C=O) groups is 1. The molecule has 1 amide bonds. The quantitative estimate of drug-likeness (QED) is 0.0272. The SMILES string of the molecule is CC/C=C\C/C=C\C/C=C\C/C=C\C/C=C\C/C=C\C/C=C\C/C=C\C/C=C\CCCC(=O)NC(COP(=O)([O-])OCC[N+](C)(C)C)C(O)/C=C/CC/C=C/CCCCCCCCCCCCCCC. The standard InChI is InChI=1S/C61H103N2O6P/c1-6-8-10-12-14-16-18-20-22-24-26-27-28-29-30-31-32-33-34-35-37-39-41-43-45-47-49-51-53-55-61(65)62-59(58-69-70(66,67)68-57-56-63(3,4)5)60(64)54-52-50-48-46-44-42-40-38-36-25-23-21-19-17-15-13-11-9-7-2/h8,10,14,16,20,22,26-27,29-30,32-33,35,37,41,43-44,46-47,49,52,54,59-60,64H,6-7,9,11-13,15,17-19,21,23-25,28,31,34,36,38-40,42,45,48,50-51,53,55-58H2,1-5H3,(H-,62,65,66,67)/b10-8-,16-14-,22-20-,27-26-,30-29-,33-32-,37-35-,43-41-,46-44+,49-47-,54-52+. The maximum Gasteiger partial charge on any atom is 0.268 e. The van der Waals surface area contributed by atoms with E-state index in [2.05, 4.69) is 141 Å². The zero-order valence-electron chi connectivity index (χ0n) is 45.2. The van der Waals surface area contributed by atoms with Crippen molar-refractivity contribution in [1.29, 1.82) is 0 Å². The molecule has 0 heterocycles. The van der Waals surface area contributed by atoms with Crippen molar-refractivity contribution in [2.75, 3.05) is 40.9 Å². The third kappa shape index (κ3) is 52.5. The molecule has 0 spiro atoms. The Morgan fingerprint density at radius 1 is 0.514 bits per heavy atom. The molecule has 0 aromatic rings. The van der Waals surface area contributed by atoms with E-state index in [1.807, 2.05) is 27.2 Å². The molecule has 398 valence electrons. The fourth-order valence-corrected chi connectivity index (χ4v) is 7.77. The summed E-state index contributed by atoms with van der Waals surface area (Å²) in [5.41, 5.74) is 0. The van der Waals surface area contributed by atoms with Gasteiger partial charge in [-0.2, -0.15) is 0 Å². The summed E-state index contributed by atoms with van der Waals surface area (Å²) in [5, 5.41) is 13.8. The average Bonchev–Trinajstić information content (AvgIpc) is 3.32. The van der Waals surface area contributed by atoms with E-state index >= 15 is 0 Å². The molecule has 70 heavy (non-hydrogen) atoms. The highest BCUT2D eigenvalue weighted by molar-refractivity contribution is 7.45. The summed E-state index contributed by atoms with van der Waals surface area (Å²) in [7, 11) is 1.18. The molecule has 0 saturated carbocycles. The van der Waals surface area contributed by atoms with Crippen LogP contribution in [0, 0.1) is 0 Å². The molecule has 0 aliphatic carbocycles. The predicted octanol–water partition coefficient (Wildman–Crippen LogP) is 16.1. The van der Waals surface area contributed by atoms with Gasteiger partial charge in [0.2, 0.25) is 5.91 Å². The first-order chi connectivity index (χ1) is 34.0. The highest BCUT2D eigenvalue weighted by Crippen LogP contribution is 2.38. The fraction of sp³-hybridized carbons (Fsp3) is 0.623. The Bertz CT molecular complexity index is 1590. The van der Waals surface area contributed by atoms with Crippen molar-refractivity contribution in [2.45, 2.75) is 206 Å². The second-order valence-corrected chi connectivity index (χ2v) is 20.6. The Balaban J connectivity index is 4.45. The van der Waals surface area contributed by atoms with Crippen molar-refractivity contribution in [2.24, 2.45) is 0 Å². The van der Waals surface area contributed by atoms with Crippen molar-refractivity contribution < 1.29 is 32.9 Å². The first kappa shape index (κ1) is 66.6. The number of aliphatic hydroxyl groups is 1. The Labute approximate surface area is 430 Å². The summed E-state index contributed by atoms with van der Waals surface area (Å²) in [6.45, 7) is 4.45. The molecule has 0 saturated heterocycles. The van der Waals surface area contributed by atoms with Gasteiger partial charge in [-0.3, -0.25) is 9.36 Å². The summed E-state index contributed by atoms with van der Waals surface area (Å²) >= 11 is 0. The zero-order valence-corrected chi connectivity index (χ0v) is 46.1. The summed E-state index contributed by atoms with van der Waals surface area (Å²) < 4.78 is 23.3. The molecule has 9 heteroatoms. The molecule has 0 aromatic carbocycles. The van der Waals surface area contributed by atoms with E-state index in [4.69, 9.17) is 9.05 Å². The van der Waals surface area contributed by atoms with Gasteiger partial charge < -0.3 is 28.8 Å². The van der Waals surface area contributed by atoms with E-state index < -0.39 is 26.6 Å². The number of rotatable bonds is 48. The van der Waals surface area contributed by atoms with Crippen LogP contribution < -0.4 is 10.2 Å². The summed E-state index contributed by atoms with van der Waals surface area (Å²) in [5.74, 6) is -0.270.